The van der Waals surface area contributed by atoms with Gasteiger partial charge in [-0.15, -0.1) is 0 Å². The molecule has 0 radical (unpaired) electrons. The molecule has 1 aromatic rings. The quantitative estimate of drug-likeness (QED) is 0.813. The number of rotatable bonds is 2. The molecule has 3 rings (SSSR count). The number of esters is 1. The summed E-state index contributed by atoms with van der Waals surface area (Å²) in [7, 11) is 1.29. The molecule has 1 aromatic carbocycles. The molecule has 1 saturated heterocycles. The Morgan fingerprint density at radius 1 is 1.20 bits per heavy atom. The predicted octanol–water partition coefficient (Wildman–Crippen LogP) is 4.09. The van der Waals surface area contributed by atoms with Gasteiger partial charge in [0.25, 0.3) is 0 Å². The third kappa shape index (κ3) is 3.45. The van der Waals surface area contributed by atoms with Crippen molar-refractivity contribution in [2.75, 3.05) is 13.7 Å². The van der Waals surface area contributed by atoms with Gasteiger partial charge in [0.05, 0.1) is 18.7 Å². The van der Waals surface area contributed by atoms with Crippen LogP contribution in [-0.2, 0) is 4.74 Å². The van der Waals surface area contributed by atoms with E-state index in [0.29, 0.717) is 30.4 Å². The summed E-state index contributed by atoms with van der Waals surface area (Å²) in [5.41, 5.74) is 0.566. The lowest BCUT2D eigenvalue weighted by molar-refractivity contribution is -0.0196. The lowest BCUT2D eigenvalue weighted by Gasteiger charge is -2.44. The summed E-state index contributed by atoms with van der Waals surface area (Å²) in [5.74, 6) is -3.14. The number of hydrogen-bond acceptors (Lipinski definition) is 3. The van der Waals surface area contributed by atoms with Crippen LogP contribution in [0.2, 0.25) is 0 Å². The second-order valence-electron chi connectivity index (χ2n) is 7.09. The topological polar surface area (TPSA) is 66.8 Å². The summed E-state index contributed by atoms with van der Waals surface area (Å²) in [6.45, 7) is 0.245. The zero-order chi connectivity index (χ0) is 18.2. The van der Waals surface area contributed by atoms with Gasteiger partial charge in [-0.1, -0.05) is 12.1 Å². The molecule has 1 N–H and O–H groups in total. The summed E-state index contributed by atoms with van der Waals surface area (Å²) in [5, 5.41) is 9.49. The van der Waals surface area contributed by atoms with Crippen LogP contribution in [0.25, 0.3) is 0 Å². The molecule has 2 aliphatic rings. The Hall–Kier alpha value is -2.18. The van der Waals surface area contributed by atoms with E-state index in [1.807, 2.05) is 0 Å². The standard InChI is InChI=1S/C18H21F2NO4/c1-25-15(22)13-4-2-12(3-5-13)14-10-17(6-7-18(19,20)11-17)8-9-21(14)16(23)24/h2-5,14H,6-11H2,1H3,(H,23,24)/t14-,17-/m1/s1. The number of ether oxygens (including phenoxy) is 1. The van der Waals surface area contributed by atoms with Gasteiger partial charge in [0, 0.05) is 19.4 Å². The Morgan fingerprint density at radius 2 is 1.88 bits per heavy atom. The van der Waals surface area contributed by atoms with Crippen LogP contribution in [0.4, 0.5) is 13.6 Å². The molecule has 1 aliphatic carbocycles. The molecule has 1 aliphatic heterocycles. The molecule has 1 heterocycles. The highest BCUT2D eigenvalue weighted by Crippen LogP contribution is 2.56. The molecule has 0 unspecified atom stereocenters. The molecule has 1 amide bonds. The first-order valence-electron chi connectivity index (χ1n) is 8.31. The van der Waals surface area contributed by atoms with E-state index >= 15 is 0 Å². The molecular formula is C18H21F2NO4. The highest BCUT2D eigenvalue weighted by Gasteiger charge is 2.52. The molecule has 2 atom stereocenters. The van der Waals surface area contributed by atoms with Crippen molar-refractivity contribution in [3.05, 3.63) is 35.4 Å². The number of alkyl halides is 2. The molecular weight excluding hydrogens is 332 g/mol. The van der Waals surface area contributed by atoms with Gasteiger partial charge in [-0.3, -0.25) is 0 Å². The van der Waals surface area contributed by atoms with Crippen LogP contribution in [0.5, 0.6) is 0 Å². The van der Waals surface area contributed by atoms with E-state index in [-0.39, 0.29) is 19.4 Å². The second-order valence-corrected chi connectivity index (χ2v) is 7.09. The predicted molar refractivity (Wildman–Crippen MR) is 85.7 cm³/mol. The molecule has 25 heavy (non-hydrogen) atoms. The van der Waals surface area contributed by atoms with Crippen LogP contribution >= 0.6 is 0 Å². The van der Waals surface area contributed by atoms with E-state index in [9.17, 15) is 23.5 Å². The van der Waals surface area contributed by atoms with Crippen molar-refractivity contribution in [3.8, 4) is 0 Å². The Bertz CT molecular complexity index is 676. The van der Waals surface area contributed by atoms with E-state index < -0.39 is 29.4 Å². The summed E-state index contributed by atoms with van der Waals surface area (Å²) in [6.07, 6.45) is -0.0951. The van der Waals surface area contributed by atoms with Crippen LogP contribution < -0.4 is 0 Å². The van der Waals surface area contributed by atoms with Gasteiger partial charge in [-0.05, 0) is 42.4 Å². The summed E-state index contributed by atoms with van der Waals surface area (Å²) in [6, 6.07) is 6.03. The second kappa shape index (κ2) is 6.28. The fourth-order valence-electron chi connectivity index (χ4n) is 4.18. The fourth-order valence-corrected chi connectivity index (χ4v) is 4.18. The van der Waals surface area contributed by atoms with Crippen molar-refractivity contribution >= 4 is 12.1 Å². The maximum atomic E-state index is 13.8. The molecule has 1 spiro atoms. The van der Waals surface area contributed by atoms with Gasteiger partial charge < -0.3 is 14.7 Å². The van der Waals surface area contributed by atoms with Crippen LogP contribution in [0.3, 0.4) is 0 Å². The maximum Gasteiger partial charge on any atom is 0.407 e. The zero-order valence-corrected chi connectivity index (χ0v) is 14.0. The minimum atomic E-state index is -2.66. The number of amides is 1. The first-order chi connectivity index (χ1) is 11.8. The molecule has 136 valence electrons. The lowest BCUT2D eigenvalue weighted by atomic mass is 9.72. The number of nitrogens with zero attached hydrogens (tertiary/aromatic N) is 1. The molecule has 0 bridgehead atoms. The lowest BCUT2D eigenvalue weighted by Crippen LogP contribution is -2.44. The number of carboxylic acid groups (broad SMARTS) is 1. The van der Waals surface area contributed by atoms with Gasteiger partial charge in [0.15, 0.2) is 0 Å². The van der Waals surface area contributed by atoms with Crippen molar-refractivity contribution in [3.63, 3.8) is 0 Å². The van der Waals surface area contributed by atoms with Crippen LogP contribution in [0, 0.1) is 5.41 Å². The van der Waals surface area contributed by atoms with E-state index in [0.717, 1.165) is 0 Å². The minimum Gasteiger partial charge on any atom is -0.465 e. The Balaban J connectivity index is 1.87. The van der Waals surface area contributed by atoms with Gasteiger partial charge >= 0.3 is 12.1 Å². The monoisotopic (exact) mass is 353 g/mol. The minimum absolute atomic E-state index is 0.131. The van der Waals surface area contributed by atoms with Crippen LogP contribution in [0.15, 0.2) is 24.3 Å². The van der Waals surface area contributed by atoms with Crippen LogP contribution in [-0.4, -0.2) is 41.6 Å². The normalized spacial score (nSPS) is 28.1. The number of carbonyl (C=O) groups is 2. The van der Waals surface area contributed by atoms with E-state index in [1.165, 1.54) is 12.0 Å². The highest BCUT2D eigenvalue weighted by molar-refractivity contribution is 5.89. The van der Waals surface area contributed by atoms with E-state index in [1.54, 1.807) is 24.3 Å². The SMILES string of the molecule is COC(=O)c1ccc([C@H]2C[C@]3(CCN2C(=O)O)CCC(F)(F)C3)cc1. The maximum absolute atomic E-state index is 13.8. The summed E-state index contributed by atoms with van der Waals surface area (Å²) in [4.78, 5) is 24.4. The zero-order valence-electron chi connectivity index (χ0n) is 14.0. The van der Waals surface area contributed by atoms with Gasteiger partial charge in [0.2, 0.25) is 5.92 Å². The smallest absolute Gasteiger partial charge is 0.407 e. The van der Waals surface area contributed by atoms with Crippen molar-refractivity contribution in [2.24, 2.45) is 5.41 Å². The Morgan fingerprint density at radius 3 is 2.40 bits per heavy atom. The fraction of sp³-hybridized carbons (Fsp3) is 0.556. The van der Waals surface area contributed by atoms with Gasteiger partial charge in [-0.2, -0.15) is 0 Å². The summed E-state index contributed by atoms with van der Waals surface area (Å²) < 4.78 is 32.2. The van der Waals surface area contributed by atoms with Gasteiger partial charge in [0.1, 0.15) is 0 Å². The largest absolute Gasteiger partial charge is 0.465 e. The number of halogens is 2. The number of benzene rings is 1. The Labute approximate surface area is 144 Å². The average molecular weight is 353 g/mol. The number of hydrogen-bond donors (Lipinski definition) is 1. The molecule has 7 heteroatoms. The number of piperidine rings is 1. The third-order valence-corrected chi connectivity index (χ3v) is 5.50. The molecule has 2 fully saturated rings. The van der Waals surface area contributed by atoms with Crippen LogP contribution in [0.1, 0.15) is 54.1 Å². The van der Waals surface area contributed by atoms with Crippen molar-refractivity contribution in [1.82, 2.24) is 4.90 Å². The first-order valence-corrected chi connectivity index (χ1v) is 8.31. The number of methoxy groups -OCH3 is 1. The number of carbonyl (C=O) groups excluding carboxylic acids is 1. The Kier molecular flexibility index (Phi) is 4.43. The van der Waals surface area contributed by atoms with Crippen molar-refractivity contribution in [2.45, 2.75) is 44.1 Å². The van der Waals surface area contributed by atoms with Gasteiger partial charge in [-0.25, -0.2) is 18.4 Å². The van der Waals surface area contributed by atoms with E-state index in [4.69, 9.17) is 0 Å². The van der Waals surface area contributed by atoms with Crippen molar-refractivity contribution in [1.29, 1.82) is 0 Å². The first kappa shape index (κ1) is 17.6. The molecule has 1 saturated carbocycles. The average Bonchev–Trinajstić information content (AvgIpc) is 2.88. The van der Waals surface area contributed by atoms with Crippen molar-refractivity contribution < 1.29 is 28.2 Å². The third-order valence-electron chi connectivity index (χ3n) is 5.50. The van der Waals surface area contributed by atoms with E-state index in [2.05, 4.69) is 4.74 Å². The molecule has 0 aromatic heterocycles. The summed E-state index contributed by atoms with van der Waals surface area (Å²) >= 11 is 0. The highest BCUT2D eigenvalue weighted by atomic mass is 19.3. The molecule has 5 nitrogen and oxygen atoms in total. The number of likely N-dealkylation sites (tertiary alicyclic amines) is 1.